The van der Waals surface area contributed by atoms with Gasteiger partial charge in [-0.25, -0.2) is 4.39 Å². The van der Waals surface area contributed by atoms with Crippen LogP contribution in [0.25, 0.3) is 11.3 Å². The summed E-state index contributed by atoms with van der Waals surface area (Å²) in [6.45, 7) is 6.88. The fourth-order valence-electron chi connectivity index (χ4n) is 3.65. The summed E-state index contributed by atoms with van der Waals surface area (Å²) < 4.78 is 30.2. The summed E-state index contributed by atoms with van der Waals surface area (Å²) in [6.07, 6.45) is 1.59. The molecule has 2 aromatic heterocycles. The molecule has 0 atom stereocenters. The van der Waals surface area contributed by atoms with Crippen LogP contribution in [0.15, 0.2) is 51.6 Å². The van der Waals surface area contributed by atoms with Crippen LogP contribution in [0.1, 0.15) is 25.2 Å². The first-order valence-corrected chi connectivity index (χ1v) is 10.4. The first-order valence-electron chi connectivity index (χ1n) is 10.4. The third-order valence-electron chi connectivity index (χ3n) is 5.26. The molecule has 1 aromatic carbocycles. The number of furan rings is 1. The fourth-order valence-corrected chi connectivity index (χ4v) is 3.65. The number of ether oxygens (including phenoxy) is 1. The molecule has 164 valence electrons. The van der Waals surface area contributed by atoms with Gasteiger partial charge in [0.15, 0.2) is 0 Å². The predicted molar refractivity (Wildman–Crippen MR) is 113 cm³/mol. The number of rotatable bonds is 7. The van der Waals surface area contributed by atoms with Crippen molar-refractivity contribution < 1.29 is 22.9 Å². The van der Waals surface area contributed by atoms with Crippen LogP contribution in [0.3, 0.4) is 0 Å². The van der Waals surface area contributed by atoms with Gasteiger partial charge in [0.05, 0.1) is 38.1 Å². The molecule has 8 heteroatoms. The van der Waals surface area contributed by atoms with Crippen LogP contribution in [-0.2, 0) is 22.6 Å². The van der Waals surface area contributed by atoms with E-state index in [2.05, 4.69) is 10.1 Å². The molecular formula is C23H26FN3O4. The third-order valence-corrected chi connectivity index (χ3v) is 5.26. The molecule has 3 aromatic rings. The molecule has 1 aliphatic rings. The van der Waals surface area contributed by atoms with Crippen molar-refractivity contribution in [2.45, 2.75) is 26.9 Å². The number of benzene rings is 1. The van der Waals surface area contributed by atoms with Crippen molar-refractivity contribution in [3.05, 3.63) is 59.8 Å². The SMILES string of the molecule is CC(C)C(=O)N(Cc1ccco1)Cc1c(-c2ccc(F)cc2)noc1N1CCOCC1. The van der Waals surface area contributed by atoms with Gasteiger partial charge in [-0.15, -0.1) is 0 Å². The standard InChI is InChI=1S/C23H26FN3O4/c1-16(2)22(28)27(14-19-4-3-11-30-19)15-20-21(17-5-7-18(24)8-6-17)25-31-23(20)26-9-12-29-13-10-26/h3-8,11,16H,9-10,12-15H2,1-2H3. The number of morpholine rings is 1. The normalized spacial score (nSPS) is 14.3. The second-order valence-electron chi connectivity index (χ2n) is 7.85. The zero-order valence-electron chi connectivity index (χ0n) is 17.7. The lowest BCUT2D eigenvalue weighted by molar-refractivity contribution is -0.136. The van der Waals surface area contributed by atoms with Crippen LogP contribution < -0.4 is 4.90 Å². The maximum Gasteiger partial charge on any atom is 0.233 e. The van der Waals surface area contributed by atoms with E-state index in [0.29, 0.717) is 56.7 Å². The average Bonchev–Trinajstić information content (AvgIpc) is 3.44. The smallest absolute Gasteiger partial charge is 0.233 e. The summed E-state index contributed by atoms with van der Waals surface area (Å²) in [5.41, 5.74) is 2.12. The lowest BCUT2D eigenvalue weighted by Crippen LogP contribution is -2.38. The molecule has 31 heavy (non-hydrogen) atoms. The number of aromatic nitrogens is 1. The Balaban J connectivity index is 1.72. The number of halogens is 1. The summed E-state index contributed by atoms with van der Waals surface area (Å²) in [5.74, 6) is 0.800. The number of hydrogen-bond donors (Lipinski definition) is 0. The van der Waals surface area contributed by atoms with Crippen LogP contribution in [-0.4, -0.2) is 42.3 Å². The van der Waals surface area contributed by atoms with Gasteiger partial charge in [-0.2, -0.15) is 0 Å². The van der Waals surface area contributed by atoms with Gasteiger partial charge in [0.2, 0.25) is 11.8 Å². The molecule has 0 N–H and O–H groups in total. The van der Waals surface area contributed by atoms with Crippen molar-refractivity contribution >= 4 is 11.8 Å². The largest absolute Gasteiger partial charge is 0.467 e. The topological polar surface area (TPSA) is 72.0 Å². The molecular weight excluding hydrogens is 401 g/mol. The number of amides is 1. The Morgan fingerprint density at radius 3 is 2.55 bits per heavy atom. The molecule has 1 fully saturated rings. The highest BCUT2D eigenvalue weighted by atomic mass is 19.1. The van der Waals surface area contributed by atoms with Gasteiger partial charge in [-0.1, -0.05) is 19.0 Å². The number of anilines is 1. The van der Waals surface area contributed by atoms with Crippen LogP contribution in [0.2, 0.25) is 0 Å². The van der Waals surface area contributed by atoms with Crippen molar-refractivity contribution in [2.24, 2.45) is 5.92 Å². The van der Waals surface area contributed by atoms with Gasteiger partial charge in [0, 0.05) is 24.6 Å². The molecule has 0 bridgehead atoms. The molecule has 0 aliphatic carbocycles. The monoisotopic (exact) mass is 427 g/mol. The zero-order valence-corrected chi connectivity index (χ0v) is 17.7. The quantitative estimate of drug-likeness (QED) is 0.565. The van der Waals surface area contributed by atoms with Crippen LogP contribution in [0.4, 0.5) is 10.3 Å². The molecule has 3 heterocycles. The number of hydrogen-bond acceptors (Lipinski definition) is 6. The molecule has 1 amide bonds. The van der Waals surface area contributed by atoms with E-state index in [9.17, 15) is 9.18 Å². The summed E-state index contributed by atoms with van der Waals surface area (Å²) in [6, 6.07) is 9.76. The second kappa shape index (κ2) is 9.34. The lowest BCUT2D eigenvalue weighted by atomic mass is 10.1. The molecule has 0 radical (unpaired) electrons. The van der Waals surface area contributed by atoms with Gasteiger partial charge in [0.1, 0.15) is 17.3 Å². The minimum Gasteiger partial charge on any atom is -0.467 e. The summed E-state index contributed by atoms with van der Waals surface area (Å²) in [7, 11) is 0. The summed E-state index contributed by atoms with van der Waals surface area (Å²) in [5, 5.41) is 4.30. The highest BCUT2D eigenvalue weighted by Crippen LogP contribution is 2.33. The minimum atomic E-state index is -0.323. The average molecular weight is 427 g/mol. The van der Waals surface area contributed by atoms with E-state index in [0.717, 1.165) is 11.1 Å². The molecule has 1 aliphatic heterocycles. The maximum atomic E-state index is 13.5. The van der Waals surface area contributed by atoms with E-state index in [1.165, 1.54) is 12.1 Å². The number of carbonyl (C=O) groups is 1. The van der Waals surface area contributed by atoms with Crippen molar-refractivity contribution in [1.82, 2.24) is 10.1 Å². The first kappa shape index (κ1) is 21.1. The van der Waals surface area contributed by atoms with Gasteiger partial charge in [-0.3, -0.25) is 4.79 Å². The molecule has 4 rings (SSSR count). The second-order valence-corrected chi connectivity index (χ2v) is 7.85. The Hall–Kier alpha value is -3.13. The van der Waals surface area contributed by atoms with E-state index in [-0.39, 0.29) is 17.6 Å². The molecule has 0 spiro atoms. The molecule has 0 saturated carbocycles. The Morgan fingerprint density at radius 1 is 1.16 bits per heavy atom. The fraction of sp³-hybridized carbons (Fsp3) is 0.391. The van der Waals surface area contributed by atoms with Crippen LogP contribution in [0, 0.1) is 11.7 Å². The third kappa shape index (κ3) is 4.80. The van der Waals surface area contributed by atoms with Crippen LogP contribution in [0.5, 0.6) is 0 Å². The first-order chi connectivity index (χ1) is 15.0. The Kier molecular flexibility index (Phi) is 6.36. The maximum absolute atomic E-state index is 13.5. The van der Waals surface area contributed by atoms with Crippen molar-refractivity contribution in [1.29, 1.82) is 0 Å². The van der Waals surface area contributed by atoms with Gasteiger partial charge in [0.25, 0.3) is 0 Å². The Bertz CT molecular complexity index is 993. The van der Waals surface area contributed by atoms with Gasteiger partial charge < -0.3 is 23.5 Å². The molecule has 0 unspecified atom stereocenters. The minimum absolute atomic E-state index is 0.00409. The Labute approximate surface area is 180 Å². The van der Waals surface area contributed by atoms with Crippen molar-refractivity contribution in [3.8, 4) is 11.3 Å². The number of nitrogens with zero attached hydrogens (tertiary/aromatic N) is 3. The van der Waals surface area contributed by atoms with Crippen molar-refractivity contribution in [3.63, 3.8) is 0 Å². The number of carbonyl (C=O) groups excluding carboxylic acids is 1. The van der Waals surface area contributed by atoms with Crippen molar-refractivity contribution in [2.75, 3.05) is 31.2 Å². The molecule has 1 saturated heterocycles. The van der Waals surface area contributed by atoms with Gasteiger partial charge >= 0.3 is 0 Å². The van der Waals surface area contributed by atoms with E-state index >= 15 is 0 Å². The predicted octanol–water partition coefficient (Wildman–Crippen LogP) is 4.10. The van der Waals surface area contributed by atoms with E-state index < -0.39 is 0 Å². The summed E-state index contributed by atoms with van der Waals surface area (Å²) in [4.78, 5) is 16.8. The highest BCUT2D eigenvalue weighted by Gasteiger charge is 2.28. The lowest BCUT2D eigenvalue weighted by Gasteiger charge is -2.28. The van der Waals surface area contributed by atoms with E-state index in [4.69, 9.17) is 13.7 Å². The molecule has 7 nitrogen and oxygen atoms in total. The summed E-state index contributed by atoms with van der Waals surface area (Å²) >= 11 is 0. The van der Waals surface area contributed by atoms with E-state index in [1.54, 1.807) is 29.4 Å². The Morgan fingerprint density at radius 2 is 1.90 bits per heavy atom. The van der Waals surface area contributed by atoms with Gasteiger partial charge in [-0.05, 0) is 36.4 Å². The highest BCUT2D eigenvalue weighted by molar-refractivity contribution is 5.79. The van der Waals surface area contributed by atoms with E-state index in [1.807, 2.05) is 19.9 Å². The zero-order chi connectivity index (χ0) is 21.8. The van der Waals surface area contributed by atoms with Crippen LogP contribution >= 0.6 is 0 Å².